The second-order valence-electron chi connectivity index (χ2n) is 7.47. The molecular formula is C23H25BrN4O5. The van der Waals surface area contributed by atoms with Crippen LogP contribution in [0.2, 0.25) is 0 Å². The van der Waals surface area contributed by atoms with E-state index in [4.69, 9.17) is 9.47 Å². The number of fused-ring (bicyclic) bond motifs is 1. The summed E-state index contributed by atoms with van der Waals surface area (Å²) in [6.45, 7) is 5.73. The van der Waals surface area contributed by atoms with E-state index in [0.29, 0.717) is 35.1 Å². The second kappa shape index (κ2) is 10.6. The molecule has 0 unspecified atom stereocenters. The predicted molar refractivity (Wildman–Crippen MR) is 131 cm³/mol. The summed E-state index contributed by atoms with van der Waals surface area (Å²) in [5.41, 5.74) is 0.415. The van der Waals surface area contributed by atoms with Gasteiger partial charge in [-0.3, -0.25) is 14.9 Å². The largest absolute Gasteiger partial charge is 0.493 e. The molecule has 174 valence electrons. The van der Waals surface area contributed by atoms with Crippen molar-refractivity contribution < 1.29 is 14.4 Å². The molecule has 0 aliphatic heterocycles. The summed E-state index contributed by atoms with van der Waals surface area (Å²) in [6, 6.07) is 8.23. The highest BCUT2D eigenvalue weighted by Crippen LogP contribution is 2.39. The van der Waals surface area contributed by atoms with Gasteiger partial charge >= 0.3 is 5.69 Å². The SMILES string of the molecule is CCCc1nc2ccc(Br)cc2c(=O)n1N=Cc1cc(OC)c(O[C@H](C)CC)c([N+](=O)[O-])c1. The van der Waals surface area contributed by atoms with Crippen molar-refractivity contribution in [1.82, 2.24) is 9.66 Å². The summed E-state index contributed by atoms with van der Waals surface area (Å²) >= 11 is 3.38. The van der Waals surface area contributed by atoms with Gasteiger partial charge in [0.2, 0.25) is 5.75 Å². The first-order chi connectivity index (χ1) is 15.8. The molecule has 9 nitrogen and oxygen atoms in total. The van der Waals surface area contributed by atoms with Crippen LogP contribution in [0.5, 0.6) is 11.5 Å². The van der Waals surface area contributed by atoms with Gasteiger partial charge in [0.15, 0.2) is 5.75 Å². The summed E-state index contributed by atoms with van der Waals surface area (Å²) in [7, 11) is 1.42. The molecule has 0 spiro atoms. The Morgan fingerprint density at radius 1 is 1.30 bits per heavy atom. The number of benzene rings is 2. The van der Waals surface area contributed by atoms with Gasteiger partial charge in [0.05, 0.1) is 35.3 Å². The Balaban J connectivity index is 2.13. The molecule has 0 bridgehead atoms. The van der Waals surface area contributed by atoms with Crippen LogP contribution in [0.1, 0.15) is 45.0 Å². The van der Waals surface area contributed by atoms with Gasteiger partial charge in [0.1, 0.15) is 5.82 Å². The van der Waals surface area contributed by atoms with E-state index in [-0.39, 0.29) is 28.8 Å². The normalized spacial score (nSPS) is 12.3. The number of aryl methyl sites for hydroxylation is 1. The summed E-state index contributed by atoms with van der Waals surface area (Å²) in [4.78, 5) is 28.9. The van der Waals surface area contributed by atoms with Crippen LogP contribution >= 0.6 is 15.9 Å². The number of hydrogen-bond acceptors (Lipinski definition) is 7. The zero-order valence-electron chi connectivity index (χ0n) is 18.9. The van der Waals surface area contributed by atoms with Crippen LogP contribution in [0.15, 0.2) is 44.7 Å². The van der Waals surface area contributed by atoms with Gasteiger partial charge in [0, 0.05) is 22.5 Å². The molecule has 10 heteroatoms. The van der Waals surface area contributed by atoms with Gasteiger partial charge in [-0.25, -0.2) is 4.98 Å². The van der Waals surface area contributed by atoms with Crippen LogP contribution in [0.4, 0.5) is 5.69 Å². The maximum atomic E-state index is 13.1. The highest BCUT2D eigenvalue weighted by atomic mass is 79.9. The standard InChI is InChI=1S/C23H25BrN4O5/c1-5-7-21-26-18-9-8-16(24)12-17(18)23(29)27(21)25-13-15-10-19(28(30)31)22(20(11-15)32-4)33-14(3)6-2/h8-14H,5-7H2,1-4H3/t14-/m1/s1. The molecule has 1 aromatic heterocycles. The van der Waals surface area contributed by atoms with Crippen molar-refractivity contribution in [2.24, 2.45) is 5.10 Å². The minimum atomic E-state index is -0.526. The van der Waals surface area contributed by atoms with E-state index in [2.05, 4.69) is 26.0 Å². The van der Waals surface area contributed by atoms with Crippen molar-refractivity contribution in [3.63, 3.8) is 0 Å². The fourth-order valence-corrected chi connectivity index (χ4v) is 3.56. The monoisotopic (exact) mass is 516 g/mol. The maximum absolute atomic E-state index is 13.1. The van der Waals surface area contributed by atoms with Gasteiger partial charge < -0.3 is 9.47 Å². The first-order valence-corrected chi connectivity index (χ1v) is 11.4. The van der Waals surface area contributed by atoms with Crippen LogP contribution in [0.25, 0.3) is 10.9 Å². The van der Waals surface area contributed by atoms with Crippen LogP contribution < -0.4 is 15.0 Å². The molecule has 0 saturated heterocycles. The number of nitro groups is 1. The first-order valence-electron chi connectivity index (χ1n) is 10.6. The van der Waals surface area contributed by atoms with E-state index in [1.807, 2.05) is 26.8 Å². The molecule has 3 aromatic rings. The lowest BCUT2D eigenvalue weighted by atomic mass is 10.1. The number of rotatable bonds is 9. The topological polar surface area (TPSA) is 109 Å². The minimum Gasteiger partial charge on any atom is -0.493 e. The van der Waals surface area contributed by atoms with Crippen molar-refractivity contribution in [2.75, 3.05) is 7.11 Å². The van der Waals surface area contributed by atoms with E-state index < -0.39 is 4.92 Å². The molecule has 0 N–H and O–H groups in total. The lowest BCUT2D eigenvalue weighted by Gasteiger charge is -2.16. The zero-order chi connectivity index (χ0) is 24.1. The van der Waals surface area contributed by atoms with Crippen LogP contribution in [0, 0.1) is 10.1 Å². The van der Waals surface area contributed by atoms with Crippen LogP contribution in [0.3, 0.4) is 0 Å². The van der Waals surface area contributed by atoms with Gasteiger partial charge in [0.25, 0.3) is 5.56 Å². The Morgan fingerprint density at radius 2 is 2.06 bits per heavy atom. The average molecular weight is 517 g/mol. The van der Waals surface area contributed by atoms with Crippen molar-refractivity contribution in [2.45, 2.75) is 46.1 Å². The second-order valence-corrected chi connectivity index (χ2v) is 8.38. The van der Waals surface area contributed by atoms with Crippen LogP contribution in [-0.4, -0.2) is 34.0 Å². The third-order valence-corrected chi connectivity index (χ3v) is 5.53. The van der Waals surface area contributed by atoms with Gasteiger partial charge in [-0.1, -0.05) is 29.8 Å². The fraction of sp³-hybridized carbons (Fsp3) is 0.348. The van der Waals surface area contributed by atoms with Crippen molar-refractivity contribution in [3.8, 4) is 11.5 Å². The Labute approximate surface area is 199 Å². The molecule has 33 heavy (non-hydrogen) atoms. The van der Waals surface area contributed by atoms with E-state index >= 15 is 0 Å². The number of aromatic nitrogens is 2. The number of nitrogens with zero attached hydrogens (tertiary/aromatic N) is 4. The number of ether oxygens (including phenoxy) is 2. The Hall–Kier alpha value is -3.27. The minimum absolute atomic E-state index is 0.0649. The lowest BCUT2D eigenvalue weighted by Crippen LogP contribution is -2.22. The summed E-state index contributed by atoms with van der Waals surface area (Å²) in [5, 5.41) is 16.5. The fourth-order valence-electron chi connectivity index (χ4n) is 3.20. The molecule has 0 aliphatic rings. The molecule has 0 radical (unpaired) electrons. The maximum Gasteiger partial charge on any atom is 0.315 e. The molecule has 1 heterocycles. The Kier molecular flexibility index (Phi) is 7.80. The molecular weight excluding hydrogens is 492 g/mol. The average Bonchev–Trinajstić information content (AvgIpc) is 2.79. The molecule has 0 saturated carbocycles. The predicted octanol–water partition coefficient (Wildman–Crippen LogP) is 5.09. The third kappa shape index (κ3) is 5.39. The van der Waals surface area contributed by atoms with E-state index in [9.17, 15) is 14.9 Å². The Morgan fingerprint density at radius 3 is 2.70 bits per heavy atom. The zero-order valence-corrected chi connectivity index (χ0v) is 20.5. The van der Waals surface area contributed by atoms with Gasteiger partial charge in [-0.15, -0.1) is 0 Å². The molecule has 0 aliphatic carbocycles. The summed E-state index contributed by atoms with van der Waals surface area (Å²) in [6.07, 6.45) is 3.15. The quantitative estimate of drug-likeness (QED) is 0.222. The molecule has 2 aromatic carbocycles. The smallest absolute Gasteiger partial charge is 0.315 e. The molecule has 3 rings (SSSR count). The van der Waals surface area contributed by atoms with Crippen molar-refractivity contribution in [3.05, 3.63) is 66.7 Å². The van der Waals surface area contributed by atoms with Gasteiger partial charge in [-0.05, 0) is 44.0 Å². The van der Waals surface area contributed by atoms with E-state index in [0.717, 1.165) is 10.9 Å². The summed E-state index contributed by atoms with van der Waals surface area (Å²) in [5.74, 6) is 0.787. The molecule has 0 fully saturated rings. The highest BCUT2D eigenvalue weighted by molar-refractivity contribution is 9.10. The lowest BCUT2D eigenvalue weighted by molar-refractivity contribution is -0.386. The number of halogens is 1. The summed E-state index contributed by atoms with van der Waals surface area (Å²) < 4.78 is 13.1. The van der Waals surface area contributed by atoms with Crippen molar-refractivity contribution >= 4 is 38.7 Å². The molecule has 1 atom stereocenters. The van der Waals surface area contributed by atoms with Gasteiger partial charge in [-0.2, -0.15) is 9.78 Å². The van der Waals surface area contributed by atoms with Crippen molar-refractivity contribution in [1.29, 1.82) is 0 Å². The number of nitro benzene ring substituents is 1. The van der Waals surface area contributed by atoms with Crippen LogP contribution in [-0.2, 0) is 6.42 Å². The molecule has 0 amide bonds. The highest BCUT2D eigenvalue weighted by Gasteiger charge is 2.23. The van der Waals surface area contributed by atoms with E-state index in [1.165, 1.54) is 24.1 Å². The third-order valence-electron chi connectivity index (χ3n) is 5.04. The number of hydrogen-bond donors (Lipinski definition) is 0. The Bertz CT molecular complexity index is 1270. The number of methoxy groups -OCH3 is 1. The first kappa shape index (κ1) is 24.4. The van der Waals surface area contributed by atoms with E-state index in [1.54, 1.807) is 18.2 Å².